The molecule has 1 aromatic carbocycles. The minimum atomic E-state index is -7.49. The van der Waals surface area contributed by atoms with Crippen LogP contribution in [0.25, 0.3) is 6.08 Å². The fraction of sp³-hybridized carbons (Fsp3) is 0.571. The summed E-state index contributed by atoms with van der Waals surface area (Å²) in [5, 5.41) is 4.05. The van der Waals surface area contributed by atoms with Crippen molar-refractivity contribution in [3.05, 3.63) is 41.5 Å². The van der Waals surface area contributed by atoms with E-state index in [2.05, 4.69) is 5.32 Å². The average molecular weight is 542 g/mol. The van der Waals surface area contributed by atoms with Crippen LogP contribution >= 0.6 is 0 Å². The first-order chi connectivity index (χ1) is 16.1. The van der Waals surface area contributed by atoms with Gasteiger partial charge in [-0.15, -0.1) is 0 Å². The lowest BCUT2D eigenvalue weighted by Crippen LogP contribution is -2.68. The van der Waals surface area contributed by atoms with Gasteiger partial charge in [0.15, 0.2) is 0 Å². The maximum atomic E-state index is 14.1. The van der Waals surface area contributed by atoms with Gasteiger partial charge >= 0.3 is 36.0 Å². The number of hydrogen-bond acceptors (Lipinski definition) is 3. The third-order valence-electron chi connectivity index (χ3n) is 5.01. The lowest BCUT2D eigenvalue weighted by Gasteiger charge is -2.38. The zero-order valence-corrected chi connectivity index (χ0v) is 18.8. The van der Waals surface area contributed by atoms with Gasteiger partial charge in [-0.3, -0.25) is 0 Å². The van der Waals surface area contributed by atoms with Crippen molar-refractivity contribution in [3.8, 4) is 0 Å². The molecular weight excluding hydrogens is 521 g/mol. The van der Waals surface area contributed by atoms with Crippen molar-refractivity contribution in [2.45, 2.75) is 68.3 Å². The van der Waals surface area contributed by atoms with Crippen LogP contribution in [-0.4, -0.2) is 54.1 Å². The van der Waals surface area contributed by atoms with E-state index in [0.717, 1.165) is 6.08 Å². The minimum Gasteiger partial charge on any atom is -0.444 e. The fourth-order valence-electron chi connectivity index (χ4n) is 3.21. The predicted molar refractivity (Wildman–Crippen MR) is 105 cm³/mol. The monoisotopic (exact) mass is 542 g/mol. The van der Waals surface area contributed by atoms with Gasteiger partial charge in [0, 0.05) is 0 Å². The number of rotatable bonds is 7. The molecule has 1 amide bonds. The number of alkyl halides is 11. The molecule has 0 heterocycles. The number of fused-ring (bicyclic) bond motifs is 1. The van der Waals surface area contributed by atoms with Gasteiger partial charge in [-0.1, -0.05) is 36.4 Å². The average Bonchev–Trinajstić information content (AvgIpc) is 2.70. The van der Waals surface area contributed by atoms with Crippen molar-refractivity contribution >= 4 is 12.2 Å². The first-order valence-electron chi connectivity index (χ1n) is 10.1. The van der Waals surface area contributed by atoms with Gasteiger partial charge in [0.2, 0.25) is 0 Å². The van der Waals surface area contributed by atoms with Crippen LogP contribution in [0, 0.1) is 0 Å². The van der Waals surface area contributed by atoms with Crippen LogP contribution in [0.15, 0.2) is 30.3 Å². The summed E-state index contributed by atoms with van der Waals surface area (Å²) in [6.45, 7) is 2.04. The molecule has 15 heteroatoms. The maximum Gasteiger partial charge on any atom is 0.460 e. The van der Waals surface area contributed by atoms with Crippen molar-refractivity contribution in [1.82, 2.24) is 10.6 Å². The molecule has 0 spiro atoms. The Bertz CT molecular complexity index is 985. The summed E-state index contributed by atoms with van der Waals surface area (Å²) < 4.78 is 151. The Morgan fingerprint density at radius 3 is 1.94 bits per heavy atom. The zero-order valence-electron chi connectivity index (χ0n) is 18.8. The largest absolute Gasteiger partial charge is 0.460 e. The van der Waals surface area contributed by atoms with Crippen molar-refractivity contribution in [3.63, 3.8) is 0 Å². The van der Waals surface area contributed by atoms with Crippen LogP contribution in [0.5, 0.6) is 0 Å². The summed E-state index contributed by atoms with van der Waals surface area (Å²) in [5.41, 5.74) is -0.307. The normalized spacial score (nSPS) is 19.6. The first-order valence-corrected chi connectivity index (χ1v) is 10.1. The minimum absolute atomic E-state index is 0.257. The Morgan fingerprint density at radius 1 is 0.861 bits per heavy atom. The molecule has 0 fully saturated rings. The van der Waals surface area contributed by atoms with Gasteiger partial charge in [-0.25, -0.2) is 4.79 Å². The molecular formula is C21H21F11N2O2. The standard InChI is InChI=1S/C21H21F11N2O2/c1-16(2,3)36-15(35)34-14-12-7-5-4-6-11(12)8-9-13(14)33-10-17(22,23)18(24,25)19(26,27)20(28,29)21(30,31)32/h4-9,13-14,33H,10H2,1-3H3,(H,34,35)/t13-,14-/m0/s1. The maximum absolute atomic E-state index is 14.1. The van der Waals surface area contributed by atoms with E-state index in [1.165, 1.54) is 45.0 Å². The van der Waals surface area contributed by atoms with E-state index in [0.29, 0.717) is 5.56 Å². The summed E-state index contributed by atoms with van der Waals surface area (Å²) in [4.78, 5) is 12.2. The van der Waals surface area contributed by atoms with E-state index >= 15 is 0 Å². The molecule has 0 aliphatic heterocycles. The van der Waals surface area contributed by atoms with Crippen molar-refractivity contribution in [1.29, 1.82) is 0 Å². The quantitative estimate of drug-likeness (QED) is 0.396. The topological polar surface area (TPSA) is 50.4 Å². The second kappa shape index (κ2) is 9.38. The summed E-state index contributed by atoms with van der Waals surface area (Å²) >= 11 is 0. The van der Waals surface area contributed by atoms with E-state index in [1.807, 2.05) is 0 Å². The second-order valence-corrected chi connectivity index (χ2v) is 8.94. The van der Waals surface area contributed by atoms with Gasteiger partial charge in [0.05, 0.1) is 18.6 Å². The Balaban J connectivity index is 2.32. The second-order valence-electron chi connectivity index (χ2n) is 8.94. The van der Waals surface area contributed by atoms with Crippen molar-refractivity contribution in [2.75, 3.05) is 6.54 Å². The van der Waals surface area contributed by atoms with E-state index < -0.39 is 60.2 Å². The highest BCUT2D eigenvalue weighted by molar-refractivity contribution is 5.70. The lowest BCUT2D eigenvalue weighted by molar-refractivity contribution is -0.421. The summed E-state index contributed by atoms with van der Waals surface area (Å²) in [6.07, 6.45) is -5.91. The fourth-order valence-corrected chi connectivity index (χ4v) is 3.21. The third kappa shape index (κ3) is 5.54. The summed E-state index contributed by atoms with van der Waals surface area (Å²) in [7, 11) is 0. The number of carbonyl (C=O) groups excluding carboxylic acids is 1. The highest BCUT2D eigenvalue weighted by Gasteiger charge is 2.87. The molecule has 1 aliphatic carbocycles. The third-order valence-corrected chi connectivity index (χ3v) is 5.01. The number of alkyl carbamates (subject to hydrolysis) is 1. The number of amides is 1. The van der Waals surface area contributed by atoms with Gasteiger partial charge < -0.3 is 15.4 Å². The Hall–Kier alpha value is -2.58. The smallest absolute Gasteiger partial charge is 0.444 e. The van der Waals surface area contributed by atoms with Gasteiger partial charge in [-0.2, -0.15) is 48.3 Å². The molecule has 2 atom stereocenters. The molecule has 2 N–H and O–H groups in total. The number of ether oxygens (including phenoxy) is 1. The van der Waals surface area contributed by atoms with Gasteiger partial charge in [0.25, 0.3) is 0 Å². The van der Waals surface area contributed by atoms with E-state index in [1.54, 1.807) is 11.4 Å². The summed E-state index contributed by atoms with van der Waals surface area (Å²) in [6, 6.07) is 3.18. The highest BCUT2D eigenvalue weighted by Crippen LogP contribution is 2.57. The number of carbonyl (C=O) groups is 1. The first kappa shape index (κ1) is 29.6. The molecule has 4 nitrogen and oxygen atoms in total. The molecule has 36 heavy (non-hydrogen) atoms. The van der Waals surface area contributed by atoms with Crippen LogP contribution in [0.1, 0.15) is 37.9 Å². The number of hydrogen-bond donors (Lipinski definition) is 2. The zero-order chi connectivity index (χ0) is 28.0. The Kier molecular flexibility index (Phi) is 7.72. The number of benzene rings is 1. The van der Waals surface area contributed by atoms with E-state index in [4.69, 9.17) is 4.74 Å². The highest BCUT2D eigenvalue weighted by atomic mass is 19.4. The predicted octanol–water partition coefficient (Wildman–Crippen LogP) is 6.34. The van der Waals surface area contributed by atoms with Crippen LogP contribution < -0.4 is 10.6 Å². The molecule has 0 saturated carbocycles. The molecule has 0 unspecified atom stereocenters. The Morgan fingerprint density at radius 2 is 1.42 bits per heavy atom. The molecule has 0 saturated heterocycles. The summed E-state index contributed by atoms with van der Waals surface area (Å²) in [5.74, 6) is -28.2. The molecule has 0 bridgehead atoms. The Labute approximate surface area is 197 Å². The lowest BCUT2D eigenvalue weighted by atomic mass is 9.89. The van der Waals surface area contributed by atoms with Crippen molar-refractivity contribution in [2.24, 2.45) is 0 Å². The SMILES string of the molecule is CC(C)(C)OC(=O)N[C@H]1c2ccccc2C=C[C@@H]1NCC(F)(F)C(F)(F)C(F)(F)C(F)(F)C(F)(F)F. The van der Waals surface area contributed by atoms with Gasteiger partial charge in [-0.05, 0) is 31.9 Å². The van der Waals surface area contributed by atoms with E-state index in [-0.39, 0.29) is 5.56 Å². The molecule has 0 radical (unpaired) electrons. The number of halogens is 11. The van der Waals surface area contributed by atoms with Crippen molar-refractivity contribution < 1.29 is 57.8 Å². The van der Waals surface area contributed by atoms with E-state index in [9.17, 15) is 53.1 Å². The molecule has 0 aromatic heterocycles. The van der Waals surface area contributed by atoms with Crippen LogP contribution in [0.2, 0.25) is 0 Å². The van der Waals surface area contributed by atoms with Crippen LogP contribution in [-0.2, 0) is 4.74 Å². The number of nitrogens with one attached hydrogen (secondary N) is 2. The molecule has 2 rings (SSSR count). The molecule has 1 aliphatic rings. The van der Waals surface area contributed by atoms with Crippen LogP contribution in [0.4, 0.5) is 53.1 Å². The molecule has 204 valence electrons. The molecule has 1 aromatic rings. The van der Waals surface area contributed by atoms with Crippen LogP contribution in [0.3, 0.4) is 0 Å². The van der Waals surface area contributed by atoms with Gasteiger partial charge in [0.1, 0.15) is 5.60 Å².